The third-order valence-corrected chi connectivity index (χ3v) is 2.43. The van der Waals surface area contributed by atoms with Gasteiger partial charge in [0.05, 0.1) is 23.3 Å². The molecule has 0 aliphatic carbocycles. The summed E-state index contributed by atoms with van der Waals surface area (Å²) < 4.78 is 30.7. The Bertz CT molecular complexity index is 685. The second kappa shape index (κ2) is 4.91. The van der Waals surface area contributed by atoms with E-state index in [-0.39, 0.29) is 23.7 Å². The van der Waals surface area contributed by atoms with Crippen molar-refractivity contribution in [3.63, 3.8) is 0 Å². The molecule has 1 aromatic heterocycles. The molecule has 94 valence electrons. The van der Waals surface area contributed by atoms with Gasteiger partial charge in [-0.05, 0) is 19.1 Å². The van der Waals surface area contributed by atoms with Gasteiger partial charge in [-0.1, -0.05) is 0 Å². The number of aromatic hydroxyl groups is 1. The number of rotatable bonds is 3. The van der Waals surface area contributed by atoms with Crippen LogP contribution in [-0.2, 0) is 4.74 Å². The van der Waals surface area contributed by atoms with Gasteiger partial charge in [-0.2, -0.15) is 0 Å². The summed E-state index contributed by atoms with van der Waals surface area (Å²) in [7, 11) is -2.57. The number of fused-ring (bicyclic) bond motifs is 1. The quantitative estimate of drug-likeness (QED) is 0.845. The van der Waals surface area contributed by atoms with Crippen molar-refractivity contribution < 1.29 is 23.5 Å². The van der Waals surface area contributed by atoms with E-state index >= 15 is 0 Å². The third-order valence-electron chi connectivity index (χ3n) is 2.43. The number of aromatic nitrogens is 1. The zero-order valence-electron chi connectivity index (χ0n) is 12.6. The average molecular weight is 250 g/mol. The zero-order chi connectivity index (χ0) is 15.6. The normalized spacial score (nSPS) is 13.5. The molecule has 2 rings (SSSR count). The van der Waals surface area contributed by atoms with Gasteiger partial charge in [-0.15, -0.1) is 0 Å². The molecule has 0 amide bonds. The lowest BCUT2D eigenvalue weighted by Crippen LogP contribution is -2.05. The van der Waals surface area contributed by atoms with Crippen LogP contribution in [0.15, 0.2) is 24.4 Å². The van der Waals surface area contributed by atoms with E-state index in [1.54, 1.807) is 6.92 Å². The predicted octanol–water partition coefficient (Wildman–Crippen LogP) is 2.13. The SMILES string of the molecule is [2H]C([2H])([2H])Oc1ccc2c(O)c(C(=O)OCC)cnc2c1. The number of carbonyl (C=O) groups is 1. The summed E-state index contributed by atoms with van der Waals surface area (Å²) in [6.45, 7) is 1.84. The molecular weight excluding hydrogens is 234 g/mol. The van der Waals surface area contributed by atoms with Crippen molar-refractivity contribution in [3.05, 3.63) is 30.0 Å². The number of ether oxygens (including phenoxy) is 2. The molecule has 5 heteroatoms. The number of esters is 1. The van der Waals surface area contributed by atoms with Gasteiger partial charge in [0.15, 0.2) is 0 Å². The van der Waals surface area contributed by atoms with Crippen LogP contribution in [0.3, 0.4) is 0 Å². The molecule has 0 bridgehead atoms. The number of hydrogen-bond donors (Lipinski definition) is 1. The first kappa shape index (κ1) is 8.74. The highest BCUT2D eigenvalue weighted by molar-refractivity contribution is 5.99. The van der Waals surface area contributed by atoms with Crippen LogP contribution in [0.2, 0.25) is 0 Å². The summed E-state index contributed by atoms with van der Waals surface area (Å²) >= 11 is 0. The van der Waals surface area contributed by atoms with Crippen LogP contribution in [0.25, 0.3) is 10.9 Å². The minimum atomic E-state index is -2.57. The molecule has 0 aliphatic rings. The molecule has 1 aromatic carbocycles. The maximum Gasteiger partial charge on any atom is 0.343 e. The molecule has 0 saturated heterocycles. The average Bonchev–Trinajstić information content (AvgIpc) is 2.37. The second-order valence-electron chi connectivity index (χ2n) is 3.52. The highest BCUT2D eigenvalue weighted by Crippen LogP contribution is 2.29. The minimum absolute atomic E-state index is 0.0474. The van der Waals surface area contributed by atoms with Gasteiger partial charge in [-0.25, -0.2) is 4.79 Å². The smallest absolute Gasteiger partial charge is 0.343 e. The molecule has 5 nitrogen and oxygen atoms in total. The van der Waals surface area contributed by atoms with Crippen LogP contribution in [0.1, 0.15) is 21.4 Å². The fraction of sp³-hybridized carbons (Fsp3) is 0.231. The van der Waals surface area contributed by atoms with E-state index in [4.69, 9.17) is 13.6 Å². The molecule has 0 unspecified atom stereocenters. The van der Waals surface area contributed by atoms with Crippen molar-refractivity contribution in [3.8, 4) is 11.5 Å². The first-order valence-corrected chi connectivity index (χ1v) is 5.29. The van der Waals surface area contributed by atoms with Crippen LogP contribution < -0.4 is 4.74 Å². The molecule has 0 fully saturated rings. The van der Waals surface area contributed by atoms with Gasteiger partial charge in [0, 0.05) is 17.6 Å². The Morgan fingerprint density at radius 3 is 3.11 bits per heavy atom. The molecule has 0 spiro atoms. The Hall–Kier alpha value is -2.30. The fourth-order valence-corrected chi connectivity index (χ4v) is 1.58. The van der Waals surface area contributed by atoms with Crippen molar-refractivity contribution in [2.24, 2.45) is 0 Å². The van der Waals surface area contributed by atoms with E-state index in [0.717, 1.165) is 0 Å². The first-order valence-electron chi connectivity index (χ1n) is 6.79. The summed E-state index contributed by atoms with van der Waals surface area (Å²) in [4.78, 5) is 15.7. The topological polar surface area (TPSA) is 68.7 Å². The summed E-state index contributed by atoms with van der Waals surface area (Å²) in [6.07, 6.45) is 1.18. The maximum absolute atomic E-state index is 11.6. The van der Waals surface area contributed by atoms with E-state index in [1.807, 2.05) is 0 Å². The van der Waals surface area contributed by atoms with E-state index < -0.39 is 13.0 Å². The summed E-state index contributed by atoms with van der Waals surface area (Å²) in [5.41, 5.74) is 0.260. The molecule has 1 heterocycles. The van der Waals surface area contributed by atoms with Crippen molar-refractivity contribution in [1.29, 1.82) is 0 Å². The van der Waals surface area contributed by atoms with Crippen LogP contribution >= 0.6 is 0 Å². The standard InChI is InChI=1S/C13H13NO4/c1-3-18-13(16)10-7-14-11-6-8(17-2)4-5-9(11)12(10)15/h4-7H,3H2,1-2H3,(H,14,15)/i2D3. The third kappa shape index (κ3) is 2.07. The molecule has 0 atom stereocenters. The van der Waals surface area contributed by atoms with Crippen molar-refractivity contribution in [2.75, 3.05) is 13.6 Å². The van der Waals surface area contributed by atoms with Crippen molar-refractivity contribution in [2.45, 2.75) is 6.92 Å². The number of methoxy groups -OCH3 is 1. The predicted molar refractivity (Wildman–Crippen MR) is 65.9 cm³/mol. The van der Waals surface area contributed by atoms with Gasteiger partial charge in [-0.3, -0.25) is 4.98 Å². The van der Waals surface area contributed by atoms with Crippen LogP contribution in [0.4, 0.5) is 0 Å². The molecule has 1 N–H and O–H groups in total. The van der Waals surface area contributed by atoms with E-state index in [9.17, 15) is 9.90 Å². The molecule has 0 aliphatic heterocycles. The highest BCUT2D eigenvalue weighted by Gasteiger charge is 2.15. The number of benzene rings is 1. The van der Waals surface area contributed by atoms with Gasteiger partial charge >= 0.3 is 5.97 Å². The summed E-state index contributed by atoms with van der Waals surface area (Å²) in [6, 6.07) is 4.18. The minimum Gasteiger partial charge on any atom is -0.506 e. The lowest BCUT2D eigenvalue weighted by atomic mass is 10.1. The summed E-state index contributed by atoms with van der Waals surface area (Å²) in [5.74, 6) is -0.843. The zero-order valence-corrected chi connectivity index (χ0v) is 9.64. The van der Waals surface area contributed by atoms with E-state index in [1.165, 1.54) is 24.4 Å². The molecule has 0 saturated carbocycles. The molecule has 0 radical (unpaired) electrons. The lowest BCUT2D eigenvalue weighted by Gasteiger charge is -2.07. The van der Waals surface area contributed by atoms with Crippen LogP contribution in [-0.4, -0.2) is 29.7 Å². The van der Waals surface area contributed by atoms with Crippen molar-refractivity contribution >= 4 is 16.9 Å². The Morgan fingerprint density at radius 1 is 1.56 bits per heavy atom. The molecular formula is C13H13NO4. The Morgan fingerprint density at radius 2 is 2.39 bits per heavy atom. The number of hydrogen-bond acceptors (Lipinski definition) is 5. The fourth-order valence-electron chi connectivity index (χ4n) is 1.58. The molecule has 2 aromatic rings. The van der Waals surface area contributed by atoms with Gasteiger partial charge in [0.1, 0.15) is 17.1 Å². The summed E-state index contributed by atoms with van der Waals surface area (Å²) in [5, 5.41) is 10.4. The first-order chi connectivity index (χ1) is 9.81. The van der Waals surface area contributed by atoms with Crippen LogP contribution in [0.5, 0.6) is 11.5 Å². The van der Waals surface area contributed by atoms with E-state index in [0.29, 0.717) is 10.9 Å². The van der Waals surface area contributed by atoms with E-state index in [2.05, 4.69) is 4.98 Å². The Kier molecular flexibility index (Phi) is 2.39. The number of pyridine rings is 1. The maximum atomic E-state index is 11.6. The largest absolute Gasteiger partial charge is 0.506 e. The monoisotopic (exact) mass is 250 g/mol. The second-order valence-corrected chi connectivity index (χ2v) is 3.52. The lowest BCUT2D eigenvalue weighted by molar-refractivity contribution is 0.0523. The van der Waals surface area contributed by atoms with Crippen LogP contribution in [0, 0.1) is 0 Å². The van der Waals surface area contributed by atoms with Gasteiger partial charge in [0.2, 0.25) is 0 Å². The highest BCUT2D eigenvalue weighted by atomic mass is 16.5. The Labute approximate surface area is 108 Å². The number of carbonyl (C=O) groups excluding carboxylic acids is 1. The Balaban J connectivity index is 2.43. The van der Waals surface area contributed by atoms with Gasteiger partial charge in [0.25, 0.3) is 0 Å². The molecule has 18 heavy (non-hydrogen) atoms. The van der Waals surface area contributed by atoms with Crippen molar-refractivity contribution in [1.82, 2.24) is 4.98 Å². The number of nitrogens with zero attached hydrogens (tertiary/aromatic N) is 1. The van der Waals surface area contributed by atoms with Gasteiger partial charge < -0.3 is 14.6 Å².